The van der Waals surface area contributed by atoms with Gasteiger partial charge in [0.1, 0.15) is 18.2 Å². The standard InChI is InChI=1S/C19H17F3N4O2/c1-12-9-14(4-5-15(12)28-8-7-27)24-17-10-16(19(20,21)22)25-18(26-17)13-3-2-6-23-11-13/h2-6,9-11,27H,7-8H2,1H3,(H,24,25,26). The Morgan fingerprint density at radius 1 is 1.14 bits per heavy atom. The van der Waals surface area contributed by atoms with E-state index in [1.54, 1.807) is 37.3 Å². The van der Waals surface area contributed by atoms with Crippen molar-refractivity contribution in [2.75, 3.05) is 18.5 Å². The molecule has 2 N–H and O–H groups in total. The van der Waals surface area contributed by atoms with Crippen LogP contribution < -0.4 is 10.1 Å². The molecular formula is C19H17F3N4O2. The molecule has 0 unspecified atom stereocenters. The van der Waals surface area contributed by atoms with E-state index in [-0.39, 0.29) is 24.9 Å². The summed E-state index contributed by atoms with van der Waals surface area (Å²) >= 11 is 0. The molecule has 0 aliphatic carbocycles. The van der Waals surface area contributed by atoms with Gasteiger partial charge in [-0.05, 0) is 42.8 Å². The number of aryl methyl sites for hydroxylation is 1. The highest BCUT2D eigenvalue weighted by atomic mass is 19.4. The van der Waals surface area contributed by atoms with E-state index in [4.69, 9.17) is 9.84 Å². The van der Waals surface area contributed by atoms with E-state index in [9.17, 15) is 13.2 Å². The Morgan fingerprint density at radius 2 is 1.96 bits per heavy atom. The molecule has 0 saturated heterocycles. The lowest BCUT2D eigenvalue weighted by atomic mass is 10.2. The molecule has 2 heterocycles. The lowest BCUT2D eigenvalue weighted by Crippen LogP contribution is -2.11. The van der Waals surface area contributed by atoms with Crippen molar-refractivity contribution in [1.29, 1.82) is 0 Å². The number of rotatable bonds is 6. The van der Waals surface area contributed by atoms with Crippen LogP contribution in [-0.4, -0.2) is 33.3 Å². The molecule has 0 radical (unpaired) electrons. The Balaban J connectivity index is 1.94. The number of aromatic nitrogens is 3. The van der Waals surface area contributed by atoms with Crippen LogP contribution in [0, 0.1) is 6.92 Å². The smallest absolute Gasteiger partial charge is 0.433 e. The first kappa shape index (κ1) is 19.6. The predicted octanol–water partition coefficient (Wildman–Crippen LogP) is 3.98. The van der Waals surface area contributed by atoms with Crippen molar-refractivity contribution >= 4 is 11.5 Å². The van der Waals surface area contributed by atoms with E-state index < -0.39 is 11.9 Å². The van der Waals surface area contributed by atoms with E-state index in [1.807, 2.05) is 0 Å². The molecule has 0 fully saturated rings. The Hall–Kier alpha value is -3.20. The lowest BCUT2D eigenvalue weighted by Gasteiger charge is -2.13. The zero-order chi connectivity index (χ0) is 20.1. The van der Waals surface area contributed by atoms with Crippen LogP contribution >= 0.6 is 0 Å². The molecule has 0 amide bonds. The maximum absolute atomic E-state index is 13.3. The molecule has 0 aliphatic heterocycles. The highest BCUT2D eigenvalue weighted by Crippen LogP contribution is 2.32. The Labute approximate surface area is 159 Å². The highest BCUT2D eigenvalue weighted by Gasteiger charge is 2.34. The molecule has 3 rings (SSSR count). The second-order valence-electron chi connectivity index (χ2n) is 5.88. The van der Waals surface area contributed by atoms with E-state index >= 15 is 0 Å². The fraction of sp³-hybridized carbons (Fsp3) is 0.211. The number of nitrogens with zero attached hydrogens (tertiary/aromatic N) is 3. The fourth-order valence-electron chi connectivity index (χ4n) is 2.47. The van der Waals surface area contributed by atoms with Crippen LogP contribution in [0.5, 0.6) is 5.75 Å². The minimum absolute atomic E-state index is 0.00426. The van der Waals surface area contributed by atoms with Crippen LogP contribution in [0.25, 0.3) is 11.4 Å². The summed E-state index contributed by atoms with van der Waals surface area (Å²) in [5, 5.41) is 11.7. The van der Waals surface area contributed by atoms with Gasteiger partial charge in [0.25, 0.3) is 0 Å². The van der Waals surface area contributed by atoms with Crippen molar-refractivity contribution < 1.29 is 23.0 Å². The van der Waals surface area contributed by atoms with Gasteiger partial charge in [-0.25, -0.2) is 9.97 Å². The molecule has 146 valence electrons. The number of aliphatic hydroxyl groups excluding tert-OH is 1. The normalized spacial score (nSPS) is 11.3. The van der Waals surface area contributed by atoms with Gasteiger partial charge in [-0.2, -0.15) is 13.2 Å². The Bertz CT molecular complexity index is 950. The summed E-state index contributed by atoms with van der Waals surface area (Å²) in [6, 6.07) is 9.07. The number of alkyl halides is 3. The van der Waals surface area contributed by atoms with Crippen molar-refractivity contribution in [3.63, 3.8) is 0 Å². The predicted molar refractivity (Wildman–Crippen MR) is 97.3 cm³/mol. The van der Waals surface area contributed by atoms with Crippen LogP contribution in [0.2, 0.25) is 0 Å². The molecular weight excluding hydrogens is 373 g/mol. The van der Waals surface area contributed by atoms with E-state index in [0.29, 0.717) is 17.0 Å². The van der Waals surface area contributed by atoms with Gasteiger partial charge in [0.05, 0.1) is 6.61 Å². The average Bonchev–Trinajstić information content (AvgIpc) is 2.67. The van der Waals surface area contributed by atoms with E-state index in [2.05, 4.69) is 20.3 Å². The van der Waals surface area contributed by atoms with Gasteiger partial charge in [-0.3, -0.25) is 4.98 Å². The number of anilines is 2. The van der Waals surface area contributed by atoms with Gasteiger partial charge in [0.2, 0.25) is 0 Å². The van der Waals surface area contributed by atoms with Crippen LogP contribution in [0.3, 0.4) is 0 Å². The quantitative estimate of drug-likeness (QED) is 0.663. The maximum Gasteiger partial charge on any atom is 0.433 e. The van der Waals surface area contributed by atoms with E-state index in [0.717, 1.165) is 11.6 Å². The second kappa shape index (κ2) is 8.22. The summed E-state index contributed by atoms with van der Waals surface area (Å²) in [5.74, 6) is 0.504. The summed E-state index contributed by atoms with van der Waals surface area (Å²) in [6.45, 7) is 1.83. The molecule has 0 saturated carbocycles. The van der Waals surface area contributed by atoms with Gasteiger partial charge < -0.3 is 15.2 Å². The highest BCUT2D eigenvalue weighted by molar-refractivity contribution is 5.63. The number of benzene rings is 1. The first-order valence-corrected chi connectivity index (χ1v) is 8.35. The largest absolute Gasteiger partial charge is 0.491 e. The lowest BCUT2D eigenvalue weighted by molar-refractivity contribution is -0.141. The Morgan fingerprint density at radius 3 is 2.61 bits per heavy atom. The summed E-state index contributed by atoms with van der Waals surface area (Å²) in [7, 11) is 0. The van der Waals surface area contributed by atoms with Crippen molar-refractivity contribution in [3.8, 4) is 17.1 Å². The van der Waals surface area contributed by atoms with Gasteiger partial charge >= 0.3 is 6.18 Å². The van der Waals surface area contributed by atoms with Crippen molar-refractivity contribution in [2.24, 2.45) is 0 Å². The number of pyridine rings is 1. The zero-order valence-corrected chi connectivity index (χ0v) is 14.9. The van der Waals surface area contributed by atoms with Crippen molar-refractivity contribution in [1.82, 2.24) is 15.0 Å². The topological polar surface area (TPSA) is 80.2 Å². The molecule has 0 atom stereocenters. The number of aliphatic hydroxyl groups is 1. The third-order valence-corrected chi connectivity index (χ3v) is 3.73. The van der Waals surface area contributed by atoms with E-state index in [1.165, 1.54) is 12.4 Å². The third kappa shape index (κ3) is 4.74. The van der Waals surface area contributed by atoms with Gasteiger partial charge in [0.15, 0.2) is 11.5 Å². The van der Waals surface area contributed by atoms with Gasteiger partial charge in [-0.15, -0.1) is 0 Å². The van der Waals surface area contributed by atoms with Gasteiger partial charge in [-0.1, -0.05) is 0 Å². The summed E-state index contributed by atoms with van der Waals surface area (Å²) in [4.78, 5) is 11.7. The van der Waals surface area contributed by atoms with Gasteiger partial charge in [0, 0.05) is 29.7 Å². The molecule has 0 spiro atoms. The van der Waals surface area contributed by atoms with Crippen LogP contribution in [-0.2, 0) is 6.18 Å². The maximum atomic E-state index is 13.3. The van der Waals surface area contributed by atoms with Crippen molar-refractivity contribution in [2.45, 2.75) is 13.1 Å². The van der Waals surface area contributed by atoms with Crippen LogP contribution in [0.4, 0.5) is 24.7 Å². The number of hydrogen-bond donors (Lipinski definition) is 2. The molecule has 9 heteroatoms. The third-order valence-electron chi connectivity index (χ3n) is 3.73. The molecule has 3 aromatic rings. The number of halogens is 3. The molecule has 28 heavy (non-hydrogen) atoms. The number of hydrogen-bond acceptors (Lipinski definition) is 6. The minimum Gasteiger partial charge on any atom is -0.491 e. The zero-order valence-electron chi connectivity index (χ0n) is 14.9. The minimum atomic E-state index is -4.62. The van der Waals surface area contributed by atoms with Crippen LogP contribution in [0.1, 0.15) is 11.3 Å². The van der Waals surface area contributed by atoms with Crippen molar-refractivity contribution in [3.05, 3.63) is 60.0 Å². The fourth-order valence-corrected chi connectivity index (χ4v) is 2.47. The molecule has 0 aliphatic rings. The Kier molecular flexibility index (Phi) is 5.74. The average molecular weight is 390 g/mol. The SMILES string of the molecule is Cc1cc(Nc2cc(C(F)(F)F)nc(-c3cccnc3)n2)ccc1OCCO. The van der Waals surface area contributed by atoms with Crippen LogP contribution in [0.15, 0.2) is 48.8 Å². The monoisotopic (exact) mass is 390 g/mol. The second-order valence-corrected chi connectivity index (χ2v) is 5.88. The molecule has 2 aromatic heterocycles. The summed E-state index contributed by atoms with van der Waals surface area (Å²) in [6.07, 6.45) is -1.70. The number of nitrogens with one attached hydrogen (secondary N) is 1. The first-order valence-electron chi connectivity index (χ1n) is 8.35. The summed E-state index contributed by atoms with van der Waals surface area (Å²) in [5.41, 5.74) is 0.623. The molecule has 0 bridgehead atoms. The summed E-state index contributed by atoms with van der Waals surface area (Å²) < 4.78 is 45.2. The molecule has 6 nitrogen and oxygen atoms in total. The first-order chi connectivity index (χ1) is 13.4. The number of ether oxygens (including phenoxy) is 1. The molecule has 1 aromatic carbocycles.